The summed E-state index contributed by atoms with van der Waals surface area (Å²) < 4.78 is 55.8. The van der Waals surface area contributed by atoms with Crippen molar-refractivity contribution in [3.8, 4) is 22.8 Å². The summed E-state index contributed by atoms with van der Waals surface area (Å²) in [5.74, 6) is -1.55. The van der Waals surface area contributed by atoms with Crippen LogP contribution in [-0.4, -0.2) is 33.2 Å². The van der Waals surface area contributed by atoms with Crippen molar-refractivity contribution in [1.82, 2.24) is 24.8 Å². The minimum atomic E-state index is -4.23. The van der Waals surface area contributed by atoms with Crippen molar-refractivity contribution in [3.05, 3.63) is 90.6 Å². The fourth-order valence-corrected chi connectivity index (χ4v) is 4.33. The third-order valence-electron chi connectivity index (χ3n) is 4.77. The lowest BCUT2D eigenvalue weighted by atomic mass is 10.1. The Kier molecular flexibility index (Phi) is 5.02. The number of nitrogens with zero attached hydrogens (tertiary/aromatic N) is 5. The molecule has 0 radical (unpaired) electrons. The fraction of sp³-hybridized carbons (Fsp3) is 0. The van der Waals surface area contributed by atoms with Crippen LogP contribution in [0.4, 0.5) is 14.5 Å². The molecule has 33 heavy (non-hydrogen) atoms. The molecule has 5 rings (SSSR count). The van der Waals surface area contributed by atoms with Crippen LogP contribution in [0.15, 0.2) is 83.9 Å². The summed E-state index contributed by atoms with van der Waals surface area (Å²) in [6, 6.07) is 17.6. The zero-order chi connectivity index (χ0) is 23.0. The highest BCUT2D eigenvalue weighted by atomic mass is 32.2. The van der Waals surface area contributed by atoms with E-state index in [0.29, 0.717) is 34.5 Å². The molecule has 1 N–H and O–H groups in total. The van der Waals surface area contributed by atoms with E-state index in [0.717, 1.165) is 12.1 Å². The third-order valence-corrected chi connectivity index (χ3v) is 6.19. The Morgan fingerprint density at radius 1 is 0.848 bits per heavy atom. The molecule has 5 aromatic rings. The van der Waals surface area contributed by atoms with Gasteiger partial charge in [0.2, 0.25) is 5.82 Å². The monoisotopic (exact) mass is 464 g/mol. The fourth-order valence-electron chi connectivity index (χ4n) is 3.21. The van der Waals surface area contributed by atoms with Crippen LogP contribution in [0.5, 0.6) is 0 Å². The van der Waals surface area contributed by atoms with Gasteiger partial charge in [-0.25, -0.2) is 17.2 Å². The van der Waals surface area contributed by atoms with E-state index in [1.807, 2.05) is 6.07 Å². The lowest BCUT2D eigenvalue weighted by molar-refractivity contribution is 0.551. The molecule has 2 aromatic carbocycles. The zero-order valence-electron chi connectivity index (χ0n) is 16.7. The number of aromatic nitrogens is 5. The van der Waals surface area contributed by atoms with Crippen molar-refractivity contribution in [1.29, 1.82) is 0 Å². The number of halogens is 2. The summed E-state index contributed by atoms with van der Waals surface area (Å²) >= 11 is 0. The Morgan fingerprint density at radius 2 is 1.67 bits per heavy atom. The van der Waals surface area contributed by atoms with Gasteiger partial charge in [0.1, 0.15) is 22.2 Å². The second kappa shape index (κ2) is 8.02. The number of hydrogen-bond acceptors (Lipinski definition) is 6. The Morgan fingerprint density at radius 3 is 2.39 bits per heavy atom. The second-order valence-corrected chi connectivity index (χ2v) is 8.64. The van der Waals surface area contributed by atoms with Crippen molar-refractivity contribution in [3.63, 3.8) is 0 Å². The average Bonchev–Trinajstić information content (AvgIpc) is 3.23. The minimum Gasteiger partial charge on any atom is -0.280 e. The topological polar surface area (TPSA) is 102 Å². The number of nitrogens with one attached hydrogen (secondary N) is 1. The Balaban J connectivity index is 1.44. The van der Waals surface area contributed by atoms with Gasteiger partial charge in [-0.1, -0.05) is 18.2 Å². The molecule has 0 atom stereocenters. The first-order chi connectivity index (χ1) is 15.9. The molecule has 0 spiro atoms. The number of rotatable bonds is 5. The number of benzene rings is 2. The van der Waals surface area contributed by atoms with Crippen LogP contribution >= 0.6 is 0 Å². The van der Waals surface area contributed by atoms with Gasteiger partial charge in [0, 0.05) is 23.5 Å². The molecule has 0 aliphatic heterocycles. The quantitative estimate of drug-likeness (QED) is 0.423. The molecule has 11 heteroatoms. The first-order valence-corrected chi connectivity index (χ1v) is 11.1. The summed E-state index contributed by atoms with van der Waals surface area (Å²) in [6.07, 6.45) is 1.65. The molecular weight excluding hydrogens is 450 g/mol. The lowest BCUT2D eigenvalue weighted by Crippen LogP contribution is -2.14. The maximum Gasteiger partial charge on any atom is 0.264 e. The maximum atomic E-state index is 13.9. The standard InChI is InChI=1S/C22H14F2N6O2S/c23-15-6-10-20(17(24)13-15)33(31,32)29-16-7-4-14(5-8-16)18-9-11-21-26-27-22(30(21)28-18)19-3-1-2-12-25-19/h1-13,29H. The molecule has 0 aliphatic rings. The molecule has 164 valence electrons. The van der Waals surface area contributed by atoms with Crippen LogP contribution < -0.4 is 4.72 Å². The minimum absolute atomic E-state index is 0.210. The summed E-state index contributed by atoms with van der Waals surface area (Å²) in [5, 5.41) is 12.8. The van der Waals surface area contributed by atoms with Crippen LogP contribution in [0.25, 0.3) is 28.4 Å². The predicted octanol–water partition coefficient (Wildman–Crippen LogP) is 3.93. The Bertz CT molecular complexity index is 1570. The van der Waals surface area contributed by atoms with Crippen LogP contribution in [0.2, 0.25) is 0 Å². The van der Waals surface area contributed by atoms with Crippen molar-refractivity contribution in [2.45, 2.75) is 4.90 Å². The first kappa shape index (κ1) is 20.6. The van der Waals surface area contributed by atoms with Gasteiger partial charge in [0.15, 0.2) is 5.65 Å². The smallest absolute Gasteiger partial charge is 0.264 e. The number of fused-ring (bicyclic) bond motifs is 1. The van der Waals surface area contributed by atoms with E-state index in [9.17, 15) is 17.2 Å². The largest absolute Gasteiger partial charge is 0.280 e. The van der Waals surface area contributed by atoms with E-state index in [-0.39, 0.29) is 5.69 Å². The van der Waals surface area contributed by atoms with Crippen LogP contribution in [0.3, 0.4) is 0 Å². The number of pyridine rings is 1. The first-order valence-electron chi connectivity index (χ1n) is 9.63. The van der Waals surface area contributed by atoms with E-state index in [1.165, 1.54) is 12.1 Å². The predicted molar refractivity (Wildman–Crippen MR) is 117 cm³/mol. The molecule has 0 aliphatic carbocycles. The van der Waals surface area contributed by atoms with Gasteiger partial charge in [0.25, 0.3) is 10.0 Å². The maximum absolute atomic E-state index is 13.9. The lowest BCUT2D eigenvalue weighted by Gasteiger charge is -2.10. The van der Waals surface area contributed by atoms with E-state index in [1.54, 1.807) is 47.1 Å². The highest BCUT2D eigenvalue weighted by Gasteiger charge is 2.20. The van der Waals surface area contributed by atoms with E-state index >= 15 is 0 Å². The second-order valence-electron chi connectivity index (χ2n) is 6.98. The van der Waals surface area contributed by atoms with E-state index in [4.69, 9.17) is 0 Å². The van der Waals surface area contributed by atoms with Gasteiger partial charge in [0.05, 0.1) is 5.69 Å². The highest BCUT2D eigenvalue weighted by molar-refractivity contribution is 7.92. The molecule has 0 fully saturated rings. The molecule has 3 heterocycles. The number of sulfonamides is 1. The van der Waals surface area contributed by atoms with Crippen LogP contribution in [-0.2, 0) is 10.0 Å². The molecule has 0 unspecified atom stereocenters. The van der Waals surface area contributed by atoms with Crippen molar-refractivity contribution >= 4 is 21.4 Å². The van der Waals surface area contributed by atoms with Crippen LogP contribution in [0, 0.1) is 11.6 Å². The molecule has 0 saturated carbocycles. The molecule has 8 nitrogen and oxygen atoms in total. The summed E-state index contributed by atoms with van der Waals surface area (Å²) in [5.41, 5.74) is 2.67. The SMILES string of the molecule is O=S(=O)(Nc1ccc(-c2ccc3nnc(-c4ccccn4)n3n2)cc1)c1ccc(F)cc1F. The molecular formula is C22H14F2N6O2S. The van der Waals surface area contributed by atoms with E-state index < -0.39 is 26.6 Å². The Labute approximate surface area is 186 Å². The summed E-state index contributed by atoms with van der Waals surface area (Å²) in [4.78, 5) is 3.64. The summed E-state index contributed by atoms with van der Waals surface area (Å²) in [7, 11) is -4.23. The normalized spacial score (nSPS) is 11.6. The zero-order valence-corrected chi connectivity index (χ0v) is 17.5. The van der Waals surface area contributed by atoms with Crippen molar-refractivity contribution in [2.24, 2.45) is 0 Å². The number of anilines is 1. The average molecular weight is 464 g/mol. The van der Waals surface area contributed by atoms with Crippen LogP contribution in [0.1, 0.15) is 0 Å². The molecule has 0 saturated heterocycles. The van der Waals surface area contributed by atoms with E-state index in [2.05, 4.69) is 25.0 Å². The van der Waals surface area contributed by atoms with Gasteiger partial charge in [-0.2, -0.15) is 9.61 Å². The number of hydrogen-bond donors (Lipinski definition) is 1. The molecule has 3 aromatic heterocycles. The van der Waals surface area contributed by atoms with Crippen molar-refractivity contribution in [2.75, 3.05) is 4.72 Å². The third kappa shape index (κ3) is 4.01. The molecule has 0 amide bonds. The van der Waals surface area contributed by atoms with Gasteiger partial charge in [-0.3, -0.25) is 9.71 Å². The van der Waals surface area contributed by atoms with Gasteiger partial charge in [-0.05, 0) is 48.5 Å². The van der Waals surface area contributed by atoms with Crippen molar-refractivity contribution < 1.29 is 17.2 Å². The summed E-state index contributed by atoms with van der Waals surface area (Å²) in [6.45, 7) is 0. The van der Waals surface area contributed by atoms with Gasteiger partial charge >= 0.3 is 0 Å². The van der Waals surface area contributed by atoms with Gasteiger partial charge in [-0.15, -0.1) is 10.2 Å². The highest BCUT2D eigenvalue weighted by Crippen LogP contribution is 2.24. The molecule has 0 bridgehead atoms. The Hall–Kier alpha value is -4.25. The van der Waals surface area contributed by atoms with Gasteiger partial charge < -0.3 is 0 Å².